The summed E-state index contributed by atoms with van der Waals surface area (Å²) in [6.45, 7) is 9.38. The van der Waals surface area contributed by atoms with Crippen molar-refractivity contribution in [1.29, 1.82) is 0 Å². The van der Waals surface area contributed by atoms with Gasteiger partial charge in [0.15, 0.2) is 0 Å². The molecule has 292 valence electrons. The third-order valence-corrected chi connectivity index (χ3v) is 20.9. The van der Waals surface area contributed by atoms with E-state index in [0.717, 1.165) is 47.6 Å². The van der Waals surface area contributed by atoms with E-state index in [-0.39, 0.29) is 34.8 Å². The van der Waals surface area contributed by atoms with Crippen molar-refractivity contribution < 1.29 is 25.2 Å². The molecule has 0 unspecified atom stereocenters. The van der Waals surface area contributed by atoms with Gasteiger partial charge in [-0.3, -0.25) is 8.37 Å². The molecule has 6 bridgehead atoms. The molecule has 0 amide bonds. The Morgan fingerprint density at radius 2 is 1.05 bits per heavy atom. The number of benzene rings is 3. The summed E-state index contributed by atoms with van der Waals surface area (Å²) in [7, 11) is -3.67. The second-order valence-electron chi connectivity index (χ2n) is 19.9. The minimum Gasteiger partial charge on any atom is -0.378 e. The number of anilines is 1. The van der Waals surface area contributed by atoms with Gasteiger partial charge in [0.2, 0.25) is 0 Å². The first kappa shape index (κ1) is 35.4. The van der Waals surface area contributed by atoms with Crippen LogP contribution in [0.5, 0.6) is 0 Å². The van der Waals surface area contributed by atoms with Crippen LogP contribution in [0, 0.1) is 95.7 Å². The SMILES string of the molecule is Cc1ccc(S(=O)(=O)OC[C@H]2[C@H](COS(=O)(=O)c3ccc(C)cc3)[C@@H]3CC[C@H]2[C@H]2[C@H]4C[C@@H]([C@@H]32)[C@H]2[C@@H]4[C@]3(C)[C@@H]4[C@@H]([C@@H]5C[C@H]4c4cc(N(C)C)ccc45)[C@]23C)cc1. The summed E-state index contributed by atoms with van der Waals surface area (Å²) in [4.78, 5) is 2.58. The molecule has 12 rings (SSSR count). The third kappa shape index (κ3) is 4.40. The fourth-order valence-electron chi connectivity index (χ4n) is 16.6. The predicted octanol–water partition coefficient (Wildman–Crippen LogP) is 8.42. The van der Waals surface area contributed by atoms with Crippen LogP contribution < -0.4 is 4.90 Å². The number of aryl methyl sites for hydroxylation is 2. The molecule has 0 N–H and O–H groups in total. The van der Waals surface area contributed by atoms with Gasteiger partial charge in [0.05, 0.1) is 23.0 Å². The maximum absolute atomic E-state index is 13.6. The highest BCUT2D eigenvalue weighted by Crippen LogP contribution is 2.95. The van der Waals surface area contributed by atoms with Crippen molar-refractivity contribution in [3.8, 4) is 0 Å². The Balaban J connectivity index is 0.919. The molecule has 8 fully saturated rings. The highest BCUT2D eigenvalue weighted by molar-refractivity contribution is 7.87. The second kappa shape index (κ2) is 11.5. The molecule has 7 nitrogen and oxygen atoms in total. The topological polar surface area (TPSA) is 90.0 Å². The minimum atomic E-state index is -3.98. The minimum absolute atomic E-state index is 0.0686. The van der Waals surface area contributed by atoms with E-state index in [4.69, 9.17) is 8.37 Å². The summed E-state index contributed by atoms with van der Waals surface area (Å²) < 4.78 is 66.4. The quantitative estimate of drug-likeness (QED) is 0.159. The number of hydrogen-bond acceptors (Lipinski definition) is 7. The lowest BCUT2D eigenvalue weighted by Crippen LogP contribution is -2.81. The molecule has 0 spiro atoms. The molecular formula is C46H55NO6S2. The third-order valence-electron chi connectivity index (χ3n) is 18.3. The Labute approximate surface area is 327 Å². The van der Waals surface area contributed by atoms with Gasteiger partial charge in [-0.15, -0.1) is 0 Å². The normalized spacial score (nSPS) is 43.5. The molecular weight excluding hydrogens is 727 g/mol. The van der Waals surface area contributed by atoms with E-state index in [1.165, 1.54) is 18.5 Å². The molecule has 0 radical (unpaired) electrons. The largest absolute Gasteiger partial charge is 0.378 e. The molecule has 3 aromatic carbocycles. The Morgan fingerprint density at radius 3 is 1.51 bits per heavy atom. The summed E-state index contributed by atoms with van der Waals surface area (Å²) >= 11 is 0. The lowest BCUT2D eigenvalue weighted by molar-refractivity contribution is -0.378. The van der Waals surface area contributed by atoms with Gasteiger partial charge in [-0.2, -0.15) is 16.8 Å². The summed E-state index contributed by atoms with van der Waals surface area (Å²) in [5.41, 5.74) is 7.21. The fourth-order valence-corrected chi connectivity index (χ4v) is 18.5. The van der Waals surface area contributed by atoms with Crippen molar-refractivity contribution in [2.45, 2.75) is 75.0 Å². The van der Waals surface area contributed by atoms with E-state index in [2.05, 4.69) is 51.0 Å². The first-order valence-electron chi connectivity index (χ1n) is 20.9. The highest BCUT2D eigenvalue weighted by atomic mass is 32.2. The van der Waals surface area contributed by atoms with Gasteiger partial charge in [-0.05, 0) is 181 Å². The van der Waals surface area contributed by atoms with Crippen LogP contribution >= 0.6 is 0 Å². The molecule has 9 heteroatoms. The molecule has 9 aliphatic carbocycles. The van der Waals surface area contributed by atoms with Crippen LogP contribution in [0.1, 0.15) is 73.6 Å². The van der Waals surface area contributed by atoms with Crippen molar-refractivity contribution >= 4 is 25.9 Å². The van der Waals surface area contributed by atoms with Crippen LogP contribution in [0.15, 0.2) is 76.5 Å². The monoisotopic (exact) mass is 781 g/mol. The van der Waals surface area contributed by atoms with E-state index < -0.39 is 20.2 Å². The summed E-state index contributed by atoms with van der Waals surface area (Å²) in [5.74, 6) is 7.08. The maximum Gasteiger partial charge on any atom is 0.296 e. The van der Waals surface area contributed by atoms with Gasteiger partial charge < -0.3 is 4.90 Å². The van der Waals surface area contributed by atoms with Crippen LogP contribution in [0.2, 0.25) is 0 Å². The molecule has 0 heterocycles. The van der Waals surface area contributed by atoms with E-state index in [9.17, 15) is 16.8 Å². The summed E-state index contributed by atoms with van der Waals surface area (Å²) in [6.07, 6.45) is 4.69. The fraction of sp³-hybridized carbons (Fsp3) is 0.609. The van der Waals surface area contributed by atoms with Crippen molar-refractivity contribution in [2.75, 3.05) is 32.2 Å². The first-order chi connectivity index (χ1) is 26.2. The molecule has 9 aliphatic rings. The number of fused-ring (bicyclic) bond motifs is 20. The standard InChI is InChI=1S/C46H55NO6S2/c1-24-7-12-27(13-8-24)54(48,49)52-22-37-30-17-18-31(38(37)23-53-55(50,51)28-14-9-25(2)10-15-28)40-36-21-35(39(30)40)43-44(36)46(4)42-34-20-33(41(42)45(43,46)3)29-16-11-26(47(5)6)19-32(29)34/h7-16,19,30-31,33-44H,17-18,20-23H2,1-6H3/t30-,31+,33+,34-,35-,36+,37+,38+,39+,40-,41+,42-,43-,44+,45+,46-/m0/s1. The van der Waals surface area contributed by atoms with Crippen molar-refractivity contribution in [3.63, 3.8) is 0 Å². The average molecular weight is 782 g/mol. The van der Waals surface area contributed by atoms with Crippen LogP contribution in [-0.4, -0.2) is 44.1 Å². The van der Waals surface area contributed by atoms with Crippen molar-refractivity contribution in [2.24, 2.45) is 81.8 Å². The molecule has 16 atom stereocenters. The van der Waals surface area contributed by atoms with E-state index >= 15 is 0 Å². The Kier molecular flexibility index (Phi) is 7.40. The van der Waals surface area contributed by atoms with Gasteiger partial charge in [0, 0.05) is 19.8 Å². The molecule has 3 aromatic rings. The van der Waals surface area contributed by atoms with E-state index in [1.807, 2.05) is 13.8 Å². The van der Waals surface area contributed by atoms with Crippen LogP contribution in [-0.2, 0) is 28.6 Å². The van der Waals surface area contributed by atoms with Crippen molar-refractivity contribution in [3.05, 3.63) is 89.0 Å². The number of rotatable bonds is 9. The Bertz CT molecular complexity index is 2310. The zero-order chi connectivity index (χ0) is 38.1. The van der Waals surface area contributed by atoms with Crippen LogP contribution in [0.4, 0.5) is 5.69 Å². The Hall–Kier alpha value is -2.72. The van der Waals surface area contributed by atoms with Gasteiger partial charge in [0.1, 0.15) is 0 Å². The first-order valence-corrected chi connectivity index (χ1v) is 23.7. The maximum atomic E-state index is 13.6. The zero-order valence-electron chi connectivity index (χ0n) is 32.9. The van der Waals surface area contributed by atoms with Gasteiger partial charge in [-0.1, -0.05) is 55.3 Å². The second-order valence-corrected chi connectivity index (χ2v) is 23.1. The molecule has 8 saturated carbocycles. The number of nitrogens with zero attached hydrogens (tertiary/aromatic N) is 1. The van der Waals surface area contributed by atoms with Crippen LogP contribution in [0.25, 0.3) is 0 Å². The molecule has 0 saturated heterocycles. The summed E-state index contributed by atoms with van der Waals surface area (Å²) in [5, 5.41) is 0. The van der Waals surface area contributed by atoms with Gasteiger partial charge in [0.25, 0.3) is 20.2 Å². The lowest BCUT2D eigenvalue weighted by atomic mass is 9.18. The van der Waals surface area contributed by atoms with E-state index in [0.29, 0.717) is 58.2 Å². The van der Waals surface area contributed by atoms with Gasteiger partial charge >= 0.3 is 0 Å². The molecule has 0 aromatic heterocycles. The summed E-state index contributed by atoms with van der Waals surface area (Å²) in [6, 6.07) is 21.0. The average Bonchev–Trinajstić information content (AvgIpc) is 3.94. The number of hydrogen-bond donors (Lipinski definition) is 0. The van der Waals surface area contributed by atoms with Crippen molar-refractivity contribution in [1.82, 2.24) is 0 Å². The molecule has 0 aliphatic heterocycles. The van der Waals surface area contributed by atoms with E-state index in [1.54, 1.807) is 59.7 Å². The Morgan fingerprint density at radius 1 is 0.600 bits per heavy atom. The lowest BCUT2D eigenvalue weighted by Gasteiger charge is -2.85. The predicted molar refractivity (Wildman–Crippen MR) is 211 cm³/mol. The zero-order valence-corrected chi connectivity index (χ0v) is 34.5. The smallest absolute Gasteiger partial charge is 0.296 e. The van der Waals surface area contributed by atoms with Gasteiger partial charge in [-0.25, -0.2) is 0 Å². The highest BCUT2D eigenvalue weighted by Gasteiger charge is 2.90. The molecule has 55 heavy (non-hydrogen) atoms. The van der Waals surface area contributed by atoms with Crippen LogP contribution in [0.3, 0.4) is 0 Å².